The number of nitrogens with zero attached hydrogens (tertiary/aromatic N) is 1. The van der Waals surface area contributed by atoms with Crippen LogP contribution in [0, 0.1) is 0 Å². The zero-order valence-corrected chi connectivity index (χ0v) is 8.69. The summed E-state index contributed by atoms with van der Waals surface area (Å²) >= 11 is 4.96. The zero-order valence-electron chi connectivity index (χ0n) is 7.87. The van der Waals surface area contributed by atoms with Crippen molar-refractivity contribution in [3.63, 3.8) is 0 Å². The molecule has 14 heavy (non-hydrogen) atoms. The fourth-order valence-electron chi connectivity index (χ4n) is 1.39. The molecule has 2 rings (SSSR count). The average Bonchev–Trinajstić information content (AvgIpc) is 2.62. The summed E-state index contributed by atoms with van der Waals surface area (Å²) < 4.78 is 0. The molecule has 2 heterocycles. The van der Waals surface area contributed by atoms with Gasteiger partial charge < -0.3 is 10.3 Å². The molecule has 0 aliphatic carbocycles. The highest BCUT2D eigenvalue weighted by molar-refractivity contribution is 7.80. The van der Waals surface area contributed by atoms with Crippen LogP contribution in [0.4, 0.5) is 0 Å². The molecule has 0 amide bonds. The van der Waals surface area contributed by atoms with Gasteiger partial charge in [-0.15, -0.1) is 0 Å². The Hall–Kier alpha value is -1.42. The highest BCUT2D eigenvalue weighted by Crippen LogP contribution is 2.14. The number of thiocarbonyl (C=S) groups is 1. The van der Waals surface area contributed by atoms with Crippen molar-refractivity contribution >= 4 is 28.2 Å². The molecule has 2 aromatic heterocycles. The van der Waals surface area contributed by atoms with E-state index in [1.54, 1.807) is 6.20 Å². The van der Waals surface area contributed by atoms with Gasteiger partial charge >= 0.3 is 0 Å². The second-order valence-electron chi connectivity index (χ2n) is 3.12. The third-order valence-electron chi connectivity index (χ3n) is 2.08. The third-order valence-corrected chi connectivity index (χ3v) is 2.22. The third kappa shape index (κ3) is 1.75. The Morgan fingerprint density at radius 3 is 3.21 bits per heavy atom. The SMILES string of the molecule is CC(=S)NCc1ccnc2[nH]ccc12. The Morgan fingerprint density at radius 1 is 1.57 bits per heavy atom. The first-order valence-electron chi connectivity index (χ1n) is 4.43. The monoisotopic (exact) mass is 205 g/mol. The minimum absolute atomic E-state index is 0.756. The Labute approximate surface area is 87.5 Å². The molecule has 72 valence electrons. The summed E-state index contributed by atoms with van der Waals surface area (Å²) in [4.78, 5) is 8.10. The molecular formula is C10H11N3S. The summed E-state index contributed by atoms with van der Waals surface area (Å²) in [5, 5.41) is 4.28. The standard InChI is InChI=1S/C10H11N3S/c1-7(14)13-6-8-2-4-11-10-9(8)3-5-12-10/h2-5H,6H2,1H3,(H,11,12)(H,13,14). The maximum atomic E-state index is 4.96. The Balaban J connectivity index is 2.32. The van der Waals surface area contributed by atoms with Crippen LogP contribution in [0.25, 0.3) is 11.0 Å². The maximum Gasteiger partial charge on any atom is 0.137 e. The van der Waals surface area contributed by atoms with Gasteiger partial charge in [0.2, 0.25) is 0 Å². The number of pyridine rings is 1. The molecule has 0 aliphatic rings. The molecule has 0 atom stereocenters. The molecular weight excluding hydrogens is 194 g/mol. The van der Waals surface area contributed by atoms with Crippen molar-refractivity contribution in [3.8, 4) is 0 Å². The number of H-pyrrole nitrogens is 1. The fourth-order valence-corrected chi connectivity index (χ4v) is 1.46. The Kier molecular flexibility index (Phi) is 2.45. The lowest BCUT2D eigenvalue weighted by Gasteiger charge is -2.04. The molecule has 0 unspecified atom stereocenters. The lowest BCUT2D eigenvalue weighted by molar-refractivity contribution is 0.931. The van der Waals surface area contributed by atoms with Crippen molar-refractivity contribution in [1.29, 1.82) is 0 Å². The minimum atomic E-state index is 0.756. The van der Waals surface area contributed by atoms with Crippen LogP contribution in [0.2, 0.25) is 0 Å². The van der Waals surface area contributed by atoms with Crippen LogP contribution < -0.4 is 5.32 Å². The van der Waals surface area contributed by atoms with Crippen molar-refractivity contribution in [2.75, 3.05) is 0 Å². The van der Waals surface area contributed by atoms with E-state index >= 15 is 0 Å². The molecule has 4 heteroatoms. The van der Waals surface area contributed by atoms with E-state index in [0.717, 1.165) is 22.6 Å². The van der Waals surface area contributed by atoms with Crippen molar-refractivity contribution in [2.45, 2.75) is 13.5 Å². The smallest absolute Gasteiger partial charge is 0.137 e. The van der Waals surface area contributed by atoms with Crippen molar-refractivity contribution in [3.05, 3.63) is 30.1 Å². The summed E-state index contributed by atoms with van der Waals surface area (Å²) in [5.41, 5.74) is 2.13. The van der Waals surface area contributed by atoms with Gasteiger partial charge in [0.25, 0.3) is 0 Å². The van der Waals surface area contributed by atoms with Crippen LogP contribution in [0.15, 0.2) is 24.5 Å². The summed E-state index contributed by atoms with van der Waals surface area (Å²) in [6.07, 6.45) is 3.69. The topological polar surface area (TPSA) is 40.7 Å². The van der Waals surface area contributed by atoms with Gasteiger partial charge in [0, 0.05) is 24.3 Å². The van der Waals surface area contributed by atoms with Crippen LogP contribution in [0.1, 0.15) is 12.5 Å². The highest BCUT2D eigenvalue weighted by Gasteiger charge is 2.01. The molecule has 0 saturated heterocycles. The molecule has 2 N–H and O–H groups in total. The van der Waals surface area contributed by atoms with Crippen LogP contribution in [-0.2, 0) is 6.54 Å². The van der Waals surface area contributed by atoms with Gasteiger partial charge in [-0.1, -0.05) is 12.2 Å². The second-order valence-corrected chi connectivity index (χ2v) is 3.73. The second kappa shape index (κ2) is 3.75. The van der Waals surface area contributed by atoms with Crippen LogP contribution in [0.5, 0.6) is 0 Å². The van der Waals surface area contributed by atoms with E-state index < -0.39 is 0 Å². The van der Waals surface area contributed by atoms with E-state index in [4.69, 9.17) is 12.2 Å². The predicted molar refractivity (Wildman–Crippen MR) is 61.2 cm³/mol. The van der Waals surface area contributed by atoms with Crippen molar-refractivity contribution in [1.82, 2.24) is 15.3 Å². The summed E-state index contributed by atoms with van der Waals surface area (Å²) in [5.74, 6) is 0. The van der Waals surface area contributed by atoms with E-state index in [-0.39, 0.29) is 0 Å². The molecule has 0 aliphatic heterocycles. The number of hydrogen-bond acceptors (Lipinski definition) is 2. The number of aromatic amines is 1. The van der Waals surface area contributed by atoms with Gasteiger partial charge in [0.15, 0.2) is 0 Å². The average molecular weight is 205 g/mol. The van der Waals surface area contributed by atoms with Gasteiger partial charge in [-0.05, 0) is 24.6 Å². The number of rotatable bonds is 2. The van der Waals surface area contributed by atoms with E-state index in [1.165, 1.54) is 5.56 Å². The maximum absolute atomic E-state index is 4.96. The van der Waals surface area contributed by atoms with Gasteiger partial charge in [-0.3, -0.25) is 0 Å². The lowest BCUT2D eigenvalue weighted by Crippen LogP contribution is -2.17. The normalized spacial score (nSPS) is 10.4. The summed E-state index contributed by atoms with van der Waals surface area (Å²) in [7, 11) is 0. The fraction of sp³-hybridized carbons (Fsp3) is 0.200. The molecule has 0 spiro atoms. The van der Waals surface area contributed by atoms with Gasteiger partial charge in [-0.2, -0.15) is 0 Å². The number of fused-ring (bicyclic) bond motifs is 1. The highest BCUT2D eigenvalue weighted by atomic mass is 32.1. The molecule has 3 nitrogen and oxygen atoms in total. The molecule has 2 aromatic rings. The van der Waals surface area contributed by atoms with Gasteiger partial charge in [-0.25, -0.2) is 4.98 Å². The first-order valence-corrected chi connectivity index (χ1v) is 4.83. The molecule has 0 fully saturated rings. The first-order chi connectivity index (χ1) is 6.77. The molecule has 0 bridgehead atoms. The van der Waals surface area contributed by atoms with Crippen molar-refractivity contribution < 1.29 is 0 Å². The van der Waals surface area contributed by atoms with Crippen LogP contribution in [-0.4, -0.2) is 15.0 Å². The van der Waals surface area contributed by atoms with Gasteiger partial charge in [0.1, 0.15) is 5.65 Å². The lowest BCUT2D eigenvalue weighted by atomic mass is 10.2. The minimum Gasteiger partial charge on any atom is -0.376 e. The van der Waals surface area contributed by atoms with Gasteiger partial charge in [0.05, 0.1) is 4.99 Å². The Bertz CT molecular complexity index is 461. The zero-order chi connectivity index (χ0) is 9.97. The van der Waals surface area contributed by atoms with Crippen LogP contribution >= 0.6 is 12.2 Å². The van der Waals surface area contributed by atoms with Crippen LogP contribution in [0.3, 0.4) is 0 Å². The van der Waals surface area contributed by atoms with E-state index in [1.807, 2.05) is 25.3 Å². The number of aromatic nitrogens is 2. The van der Waals surface area contributed by atoms with E-state index in [9.17, 15) is 0 Å². The first kappa shape index (κ1) is 9.15. The van der Waals surface area contributed by atoms with Crippen molar-refractivity contribution in [2.24, 2.45) is 0 Å². The molecule has 0 radical (unpaired) electrons. The van der Waals surface area contributed by atoms with E-state index in [2.05, 4.69) is 15.3 Å². The molecule has 0 saturated carbocycles. The summed E-state index contributed by atoms with van der Waals surface area (Å²) in [6, 6.07) is 4.03. The largest absolute Gasteiger partial charge is 0.376 e. The quantitative estimate of drug-likeness (QED) is 0.737. The van der Waals surface area contributed by atoms with E-state index in [0.29, 0.717) is 0 Å². The number of hydrogen-bond donors (Lipinski definition) is 2. The Morgan fingerprint density at radius 2 is 2.43 bits per heavy atom. The number of nitrogens with one attached hydrogen (secondary N) is 2. The molecule has 0 aromatic carbocycles. The predicted octanol–water partition coefficient (Wildman–Crippen LogP) is 2.00. The summed E-state index contributed by atoms with van der Waals surface area (Å²) in [6.45, 7) is 2.64.